The third-order valence-electron chi connectivity index (χ3n) is 4.06. The fourth-order valence-electron chi connectivity index (χ4n) is 2.72. The van der Waals surface area contributed by atoms with Gasteiger partial charge in [0.2, 0.25) is 5.95 Å². The molecule has 1 aromatic carbocycles. The van der Waals surface area contributed by atoms with Crippen molar-refractivity contribution in [2.24, 2.45) is 0 Å². The van der Waals surface area contributed by atoms with Gasteiger partial charge in [0, 0.05) is 18.6 Å². The van der Waals surface area contributed by atoms with Crippen molar-refractivity contribution in [2.75, 3.05) is 5.73 Å². The average Bonchev–Trinajstić information content (AvgIpc) is 2.61. The van der Waals surface area contributed by atoms with E-state index in [1.54, 1.807) is 19.3 Å². The molecule has 3 rings (SSSR count). The number of aryl methyl sites for hydroxylation is 2. The number of hydrogen-bond acceptors (Lipinski definition) is 5. The zero-order chi connectivity index (χ0) is 17.8. The first-order valence-electron chi connectivity index (χ1n) is 7.91. The first-order chi connectivity index (χ1) is 12.1. The number of carbonyl (C=O) groups excluding carboxylic acids is 1. The molecule has 0 aliphatic rings. The van der Waals surface area contributed by atoms with Crippen molar-refractivity contribution >= 4 is 11.9 Å². The van der Waals surface area contributed by atoms with E-state index in [9.17, 15) is 4.79 Å². The minimum absolute atomic E-state index is 0.152. The highest BCUT2D eigenvalue weighted by Crippen LogP contribution is 2.25. The Hall–Kier alpha value is -3.28. The van der Waals surface area contributed by atoms with Gasteiger partial charge in [0.05, 0.1) is 17.3 Å². The Morgan fingerprint density at radius 1 is 1.12 bits per heavy atom. The Morgan fingerprint density at radius 2 is 1.84 bits per heavy atom. The van der Waals surface area contributed by atoms with Gasteiger partial charge in [-0.3, -0.25) is 9.78 Å². The van der Waals surface area contributed by atoms with Crippen LogP contribution in [0.1, 0.15) is 38.8 Å². The molecule has 6 heteroatoms. The Kier molecular flexibility index (Phi) is 4.70. The second-order valence-corrected chi connectivity index (χ2v) is 5.77. The molecule has 2 aromatic heterocycles. The molecule has 0 fully saturated rings. The molecule has 3 N–H and O–H groups in total. The summed E-state index contributed by atoms with van der Waals surface area (Å²) in [6, 6.07) is 11.4. The van der Waals surface area contributed by atoms with E-state index in [0.717, 1.165) is 16.7 Å². The number of nitrogens with zero attached hydrogens (tertiary/aromatic N) is 3. The van der Waals surface area contributed by atoms with Gasteiger partial charge in [-0.1, -0.05) is 24.3 Å². The van der Waals surface area contributed by atoms with Crippen LogP contribution in [0.5, 0.6) is 0 Å². The molecule has 2 heterocycles. The summed E-state index contributed by atoms with van der Waals surface area (Å²) in [5, 5.41) is 3.08. The molecular weight excluding hydrogens is 314 g/mol. The van der Waals surface area contributed by atoms with Gasteiger partial charge in [-0.2, -0.15) is 0 Å². The van der Waals surface area contributed by atoms with Crippen molar-refractivity contribution in [3.05, 3.63) is 82.9 Å². The SMILES string of the molecule is Cc1ccccc1C(NC(=O)c1cnc(N)nc1C)c1ccncc1. The Labute approximate surface area is 146 Å². The van der Waals surface area contributed by atoms with Gasteiger partial charge in [-0.05, 0) is 42.7 Å². The van der Waals surface area contributed by atoms with Gasteiger partial charge in [0.15, 0.2) is 0 Å². The van der Waals surface area contributed by atoms with Crippen LogP contribution in [-0.2, 0) is 0 Å². The topological polar surface area (TPSA) is 93.8 Å². The minimum atomic E-state index is -0.298. The molecule has 0 radical (unpaired) electrons. The molecule has 0 aliphatic heterocycles. The number of nitrogens with two attached hydrogens (primary N) is 1. The molecule has 25 heavy (non-hydrogen) atoms. The molecule has 0 aliphatic carbocycles. The molecule has 126 valence electrons. The van der Waals surface area contributed by atoms with Gasteiger partial charge >= 0.3 is 0 Å². The highest BCUT2D eigenvalue weighted by atomic mass is 16.1. The van der Waals surface area contributed by atoms with E-state index in [1.807, 2.05) is 43.3 Å². The highest BCUT2D eigenvalue weighted by Gasteiger charge is 2.21. The molecule has 1 unspecified atom stereocenters. The van der Waals surface area contributed by atoms with E-state index in [1.165, 1.54) is 6.20 Å². The standard InChI is InChI=1S/C19H19N5O/c1-12-5-3-4-6-15(12)17(14-7-9-21-10-8-14)24-18(25)16-11-22-19(20)23-13(16)2/h3-11,17H,1-2H3,(H,24,25)(H2,20,22,23). The first kappa shape index (κ1) is 16.6. The molecule has 3 aromatic rings. The number of nitrogen functional groups attached to an aromatic ring is 1. The van der Waals surface area contributed by atoms with Crippen LogP contribution in [-0.4, -0.2) is 20.9 Å². The predicted octanol–water partition coefficient (Wildman–Crippen LogP) is 2.59. The number of pyridine rings is 1. The van der Waals surface area contributed by atoms with Crippen LogP contribution in [0.15, 0.2) is 55.0 Å². The van der Waals surface area contributed by atoms with Crippen LogP contribution in [0.2, 0.25) is 0 Å². The van der Waals surface area contributed by atoms with Gasteiger partial charge in [0.25, 0.3) is 5.91 Å². The van der Waals surface area contributed by atoms with E-state index in [2.05, 4.69) is 20.3 Å². The predicted molar refractivity (Wildman–Crippen MR) is 95.9 cm³/mol. The summed E-state index contributed by atoms with van der Waals surface area (Å²) in [4.78, 5) is 24.8. The van der Waals surface area contributed by atoms with E-state index in [0.29, 0.717) is 11.3 Å². The van der Waals surface area contributed by atoms with E-state index < -0.39 is 0 Å². The van der Waals surface area contributed by atoms with Crippen LogP contribution >= 0.6 is 0 Å². The van der Waals surface area contributed by atoms with Crippen LogP contribution in [0, 0.1) is 13.8 Å². The normalized spacial score (nSPS) is 11.8. The van der Waals surface area contributed by atoms with E-state index in [-0.39, 0.29) is 17.9 Å². The number of rotatable bonds is 4. The first-order valence-corrected chi connectivity index (χ1v) is 7.91. The minimum Gasteiger partial charge on any atom is -0.368 e. The zero-order valence-electron chi connectivity index (χ0n) is 14.1. The monoisotopic (exact) mass is 333 g/mol. The Balaban J connectivity index is 1.98. The number of hydrogen-bond donors (Lipinski definition) is 2. The molecule has 1 amide bonds. The van der Waals surface area contributed by atoms with E-state index >= 15 is 0 Å². The van der Waals surface area contributed by atoms with Crippen LogP contribution in [0.25, 0.3) is 0 Å². The number of nitrogens with one attached hydrogen (secondary N) is 1. The molecule has 0 spiro atoms. The maximum absolute atomic E-state index is 12.8. The molecule has 6 nitrogen and oxygen atoms in total. The van der Waals surface area contributed by atoms with Gasteiger partial charge < -0.3 is 11.1 Å². The maximum Gasteiger partial charge on any atom is 0.255 e. The third-order valence-corrected chi connectivity index (χ3v) is 4.06. The quantitative estimate of drug-likeness (QED) is 0.765. The third kappa shape index (κ3) is 3.63. The lowest BCUT2D eigenvalue weighted by Crippen LogP contribution is -2.30. The molecule has 1 atom stereocenters. The lowest BCUT2D eigenvalue weighted by molar-refractivity contribution is 0.0941. The maximum atomic E-state index is 12.8. The van der Waals surface area contributed by atoms with Gasteiger partial charge in [-0.15, -0.1) is 0 Å². The number of benzene rings is 1. The number of carbonyl (C=O) groups is 1. The van der Waals surface area contributed by atoms with Crippen LogP contribution in [0.3, 0.4) is 0 Å². The Bertz CT molecular complexity index is 895. The second kappa shape index (κ2) is 7.09. The second-order valence-electron chi connectivity index (χ2n) is 5.77. The lowest BCUT2D eigenvalue weighted by atomic mass is 9.95. The van der Waals surface area contributed by atoms with Crippen LogP contribution < -0.4 is 11.1 Å². The molecule has 0 saturated heterocycles. The van der Waals surface area contributed by atoms with Crippen molar-refractivity contribution in [2.45, 2.75) is 19.9 Å². The smallest absolute Gasteiger partial charge is 0.255 e. The van der Waals surface area contributed by atoms with Crippen molar-refractivity contribution in [3.8, 4) is 0 Å². The van der Waals surface area contributed by atoms with Crippen molar-refractivity contribution in [1.82, 2.24) is 20.3 Å². The molecule has 0 bridgehead atoms. The summed E-state index contributed by atoms with van der Waals surface area (Å²) in [5.74, 6) is -0.0961. The average molecular weight is 333 g/mol. The molecule has 0 saturated carbocycles. The van der Waals surface area contributed by atoms with Crippen molar-refractivity contribution < 1.29 is 4.79 Å². The summed E-state index contributed by atoms with van der Waals surface area (Å²) in [7, 11) is 0. The summed E-state index contributed by atoms with van der Waals surface area (Å²) >= 11 is 0. The highest BCUT2D eigenvalue weighted by molar-refractivity contribution is 5.95. The zero-order valence-corrected chi connectivity index (χ0v) is 14.1. The van der Waals surface area contributed by atoms with Gasteiger partial charge in [0.1, 0.15) is 0 Å². The van der Waals surface area contributed by atoms with E-state index in [4.69, 9.17) is 5.73 Å². The number of anilines is 1. The van der Waals surface area contributed by atoms with Crippen molar-refractivity contribution in [1.29, 1.82) is 0 Å². The largest absolute Gasteiger partial charge is 0.368 e. The Morgan fingerprint density at radius 3 is 2.52 bits per heavy atom. The number of aromatic nitrogens is 3. The summed E-state index contributed by atoms with van der Waals surface area (Å²) in [6.45, 7) is 3.76. The summed E-state index contributed by atoms with van der Waals surface area (Å²) in [5.41, 5.74) is 9.59. The van der Waals surface area contributed by atoms with Crippen molar-refractivity contribution in [3.63, 3.8) is 0 Å². The summed E-state index contributed by atoms with van der Waals surface area (Å²) in [6.07, 6.45) is 4.88. The fourth-order valence-corrected chi connectivity index (χ4v) is 2.72. The number of amides is 1. The molecular formula is C19H19N5O. The van der Waals surface area contributed by atoms with Gasteiger partial charge in [-0.25, -0.2) is 9.97 Å². The lowest BCUT2D eigenvalue weighted by Gasteiger charge is -2.22. The van der Waals surface area contributed by atoms with Crippen LogP contribution in [0.4, 0.5) is 5.95 Å². The summed E-state index contributed by atoms with van der Waals surface area (Å²) < 4.78 is 0. The fraction of sp³-hybridized carbons (Fsp3) is 0.158.